The van der Waals surface area contributed by atoms with Gasteiger partial charge in [0.15, 0.2) is 0 Å². The van der Waals surface area contributed by atoms with E-state index in [1.165, 1.54) is 38.5 Å². The van der Waals surface area contributed by atoms with Crippen LogP contribution in [0, 0.1) is 0 Å². The number of ether oxygens (including phenoxy) is 1. The van der Waals surface area contributed by atoms with Gasteiger partial charge in [-0.1, -0.05) is 39.0 Å². The van der Waals surface area contributed by atoms with E-state index in [1.807, 2.05) is 6.92 Å². The van der Waals surface area contributed by atoms with Crippen LogP contribution in [-0.2, 0) is 9.53 Å². The molecular formula is C14H27NO3. The molecule has 0 atom stereocenters. The minimum absolute atomic E-state index is 0.179. The highest BCUT2D eigenvalue weighted by atomic mass is 16.5. The molecule has 18 heavy (non-hydrogen) atoms. The number of unbranched alkanes of at least 4 members (excludes halogenated alkanes) is 5. The molecule has 4 heteroatoms. The first-order valence-corrected chi connectivity index (χ1v) is 7.14. The molecule has 0 radical (unpaired) electrons. The molecule has 4 nitrogen and oxygen atoms in total. The summed E-state index contributed by atoms with van der Waals surface area (Å²) in [4.78, 5) is 12.8. The zero-order valence-electron chi connectivity index (χ0n) is 11.8. The molecule has 0 aromatic carbocycles. The minimum Gasteiger partial charge on any atom is -0.480 e. The first-order valence-electron chi connectivity index (χ1n) is 7.14. The van der Waals surface area contributed by atoms with E-state index in [0.29, 0.717) is 0 Å². The van der Waals surface area contributed by atoms with Gasteiger partial charge in [0.05, 0.1) is 5.60 Å². The molecule has 0 saturated carbocycles. The molecule has 1 fully saturated rings. The smallest absolute Gasteiger partial charge is 0.329 e. The van der Waals surface area contributed by atoms with Gasteiger partial charge in [-0.15, -0.1) is 0 Å². The Morgan fingerprint density at radius 1 is 1.22 bits per heavy atom. The molecular weight excluding hydrogens is 230 g/mol. The molecule has 106 valence electrons. The normalized spacial score (nSPS) is 18.6. The fraction of sp³-hybridized carbons (Fsp3) is 0.929. The van der Waals surface area contributed by atoms with Gasteiger partial charge in [0.1, 0.15) is 6.61 Å². The van der Waals surface area contributed by atoms with Crippen molar-refractivity contribution in [2.45, 2.75) is 58.0 Å². The Bertz CT molecular complexity index is 249. The number of hydrogen-bond acceptors (Lipinski definition) is 3. The quantitative estimate of drug-likeness (QED) is 0.611. The van der Waals surface area contributed by atoms with Crippen molar-refractivity contribution in [1.29, 1.82) is 0 Å². The molecule has 1 aliphatic heterocycles. The lowest BCUT2D eigenvalue weighted by Crippen LogP contribution is -2.61. The van der Waals surface area contributed by atoms with Crippen LogP contribution in [0.5, 0.6) is 0 Å². The van der Waals surface area contributed by atoms with Gasteiger partial charge in [-0.25, -0.2) is 4.79 Å². The minimum atomic E-state index is -0.884. The molecule has 0 spiro atoms. The largest absolute Gasteiger partial charge is 0.480 e. The van der Waals surface area contributed by atoms with Crippen LogP contribution >= 0.6 is 0 Å². The molecule has 0 unspecified atom stereocenters. The lowest BCUT2D eigenvalue weighted by Gasteiger charge is -2.47. The summed E-state index contributed by atoms with van der Waals surface area (Å²) in [5, 5.41) is 8.57. The van der Waals surface area contributed by atoms with E-state index in [9.17, 15) is 4.79 Å². The summed E-state index contributed by atoms with van der Waals surface area (Å²) in [5.74, 6) is -0.884. The van der Waals surface area contributed by atoms with Crippen molar-refractivity contribution in [2.75, 3.05) is 26.2 Å². The number of aliphatic carboxylic acids is 1. The second kappa shape index (κ2) is 7.74. The van der Waals surface area contributed by atoms with Crippen LogP contribution in [0.1, 0.15) is 52.4 Å². The first-order chi connectivity index (χ1) is 8.56. The third kappa shape index (κ3) is 5.83. The lowest BCUT2D eigenvalue weighted by molar-refractivity contribution is -0.164. The average molecular weight is 257 g/mol. The van der Waals surface area contributed by atoms with E-state index in [0.717, 1.165) is 19.6 Å². The maximum absolute atomic E-state index is 10.4. The Kier molecular flexibility index (Phi) is 6.65. The van der Waals surface area contributed by atoms with Crippen molar-refractivity contribution in [2.24, 2.45) is 0 Å². The third-order valence-corrected chi connectivity index (χ3v) is 3.49. The van der Waals surface area contributed by atoms with Gasteiger partial charge in [-0.05, 0) is 19.9 Å². The van der Waals surface area contributed by atoms with Crippen molar-refractivity contribution in [3.8, 4) is 0 Å². The summed E-state index contributed by atoms with van der Waals surface area (Å²) in [6.45, 7) is 6.91. The van der Waals surface area contributed by atoms with Crippen LogP contribution in [0.3, 0.4) is 0 Å². The standard InChI is InChI=1S/C14H27NO3/c1-3-4-5-6-7-8-9-15-11-14(2,12-15)18-10-13(16)17/h3-12H2,1-2H3,(H,16,17). The fourth-order valence-electron chi connectivity index (χ4n) is 2.50. The molecule has 0 aromatic heterocycles. The van der Waals surface area contributed by atoms with Crippen molar-refractivity contribution >= 4 is 5.97 Å². The van der Waals surface area contributed by atoms with E-state index in [2.05, 4.69) is 11.8 Å². The topological polar surface area (TPSA) is 49.8 Å². The third-order valence-electron chi connectivity index (χ3n) is 3.49. The van der Waals surface area contributed by atoms with E-state index >= 15 is 0 Å². The Balaban J connectivity index is 1.96. The van der Waals surface area contributed by atoms with Crippen LogP contribution in [0.15, 0.2) is 0 Å². The van der Waals surface area contributed by atoms with Crippen molar-refractivity contribution in [3.63, 3.8) is 0 Å². The summed E-state index contributed by atoms with van der Waals surface area (Å²) in [7, 11) is 0. The summed E-state index contributed by atoms with van der Waals surface area (Å²) in [5.41, 5.74) is -0.236. The van der Waals surface area contributed by atoms with Crippen molar-refractivity contribution in [3.05, 3.63) is 0 Å². The van der Waals surface area contributed by atoms with E-state index in [-0.39, 0.29) is 12.2 Å². The Morgan fingerprint density at radius 3 is 2.44 bits per heavy atom. The van der Waals surface area contributed by atoms with Crippen LogP contribution in [0.4, 0.5) is 0 Å². The molecule has 1 saturated heterocycles. The van der Waals surface area contributed by atoms with E-state index in [4.69, 9.17) is 9.84 Å². The Morgan fingerprint density at radius 2 is 1.83 bits per heavy atom. The molecule has 1 heterocycles. The second-order valence-electron chi connectivity index (χ2n) is 5.61. The van der Waals surface area contributed by atoms with Crippen LogP contribution in [0.25, 0.3) is 0 Å². The predicted molar refractivity (Wildman–Crippen MR) is 71.8 cm³/mol. The summed E-state index contributed by atoms with van der Waals surface area (Å²) in [6.07, 6.45) is 7.91. The van der Waals surface area contributed by atoms with Crippen LogP contribution < -0.4 is 0 Å². The highest BCUT2D eigenvalue weighted by molar-refractivity contribution is 5.68. The highest BCUT2D eigenvalue weighted by Gasteiger charge is 2.39. The first kappa shape index (κ1) is 15.4. The summed E-state index contributed by atoms with van der Waals surface area (Å²) < 4.78 is 5.38. The molecule has 1 N–H and O–H groups in total. The molecule has 1 aliphatic rings. The summed E-state index contributed by atoms with van der Waals surface area (Å²) >= 11 is 0. The predicted octanol–water partition coefficient (Wildman–Crippen LogP) is 2.52. The number of carboxylic acids is 1. The molecule has 0 amide bonds. The van der Waals surface area contributed by atoms with Gasteiger partial charge in [-0.3, -0.25) is 4.90 Å². The maximum Gasteiger partial charge on any atom is 0.329 e. The number of carbonyl (C=O) groups is 1. The SMILES string of the molecule is CCCCCCCCN1CC(C)(OCC(=O)O)C1. The zero-order chi connectivity index (χ0) is 13.4. The van der Waals surface area contributed by atoms with Gasteiger partial charge in [-0.2, -0.15) is 0 Å². The van der Waals surface area contributed by atoms with Gasteiger partial charge in [0.2, 0.25) is 0 Å². The fourth-order valence-corrected chi connectivity index (χ4v) is 2.50. The Hall–Kier alpha value is -0.610. The van der Waals surface area contributed by atoms with Crippen LogP contribution in [0.2, 0.25) is 0 Å². The summed E-state index contributed by atoms with van der Waals surface area (Å²) in [6, 6.07) is 0. The molecule has 0 bridgehead atoms. The number of nitrogens with zero attached hydrogens (tertiary/aromatic N) is 1. The molecule has 1 rings (SSSR count). The lowest BCUT2D eigenvalue weighted by atomic mass is 9.96. The van der Waals surface area contributed by atoms with Gasteiger partial charge >= 0.3 is 5.97 Å². The van der Waals surface area contributed by atoms with Crippen LogP contribution in [-0.4, -0.2) is 47.8 Å². The van der Waals surface area contributed by atoms with Crippen molar-refractivity contribution in [1.82, 2.24) is 4.90 Å². The number of likely N-dealkylation sites (tertiary alicyclic amines) is 1. The highest BCUT2D eigenvalue weighted by Crippen LogP contribution is 2.24. The van der Waals surface area contributed by atoms with Crippen molar-refractivity contribution < 1.29 is 14.6 Å². The number of rotatable bonds is 10. The van der Waals surface area contributed by atoms with Gasteiger partial charge < -0.3 is 9.84 Å². The van der Waals surface area contributed by atoms with E-state index < -0.39 is 5.97 Å². The number of hydrogen-bond donors (Lipinski definition) is 1. The van der Waals surface area contributed by atoms with E-state index in [1.54, 1.807) is 0 Å². The zero-order valence-corrected chi connectivity index (χ0v) is 11.8. The van der Waals surface area contributed by atoms with Gasteiger partial charge in [0.25, 0.3) is 0 Å². The molecule has 0 aromatic rings. The number of carboxylic acid groups (broad SMARTS) is 1. The Labute approximate surface area is 110 Å². The van der Waals surface area contributed by atoms with Gasteiger partial charge in [0, 0.05) is 13.1 Å². The monoisotopic (exact) mass is 257 g/mol. The molecule has 0 aliphatic carbocycles. The average Bonchev–Trinajstić information content (AvgIpc) is 2.28. The second-order valence-corrected chi connectivity index (χ2v) is 5.61. The maximum atomic E-state index is 10.4.